The Balaban J connectivity index is 1.71. The topological polar surface area (TPSA) is 73.2 Å². The van der Waals surface area contributed by atoms with Crippen LogP contribution >= 0.6 is 27.7 Å². The Hall–Kier alpha value is -3.41. The minimum absolute atomic E-state index is 0.150. The van der Waals surface area contributed by atoms with Crippen molar-refractivity contribution in [2.24, 2.45) is 0 Å². The molecule has 8 heteroatoms. The number of nitrogens with one attached hydrogen (secondary N) is 1. The fourth-order valence-corrected chi connectivity index (χ4v) is 5.05. The van der Waals surface area contributed by atoms with Gasteiger partial charge in [0.15, 0.2) is 0 Å². The van der Waals surface area contributed by atoms with E-state index in [1.54, 1.807) is 48.5 Å². The lowest BCUT2D eigenvalue weighted by molar-refractivity contribution is -0.117. The number of nitriles is 1. The Morgan fingerprint density at radius 2 is 1.74 bits per heavy atom. The summed E-state index contributed by atoms with van der Waals surface area (Å²) in [4.78, 5) is 27.9. The molecular weight excluding hydrogens is 517 g/mol. The first-order chi connectivity index (χ1) is 16.4. The van der Waals surface area contributed by atoms with Gasteiger partial charge in [-0.1, -0.05) is 57.5 Å². The van der Waals surface area contributed by atoms with E-state index in [4.69, 9.17) is 0 Å². The SMILES string of the molecule is Cc1ccc(NC(=O)/C(C#N)=C2\S[C@@H](Cc3ccc(F)cc3)C(=O)N2c2ccc(Br)cc2)cc1. The lowest BCUT2D eigenvalue weighted by Crippen LogP contribution is -2.30. The molecule has 1 aliphatic heterocycles. The van der Waals surface area contributed by atoms with Crippen LogP contribution < -0.4 is 10.2 Å². The average Bonchev–Trinajstić information content (AvgIpc) is 3.13. The third-order valence-electron chi connectivity index (χ3n) is 5.23. The number of thioether (sulfide) groups is 1. The molecule has 0 radical (unpaired) electrons. The van der Waals surface area contributed by atoms with Crippen molar-refractivity contribution in [3.63, 3.8) is 0 Å². The molecule has 1 aliphatic rings. The van der Waals surface area contributed by atoms with E-state index in [1.807, 2.05) is 25.1 Å². The molecule has 1 heterocycles. The summed E-state index contributed by atoms with van der Waals surface area (Å²) in [6, 6.07) is 22.2. The van der Waals surface area contributed by atoms with Crippen LogP contribution in [0, 0.1) is 24.1 Å². The largest absolute Gasteiger partial charge is 0.321 e. The number of carbonyl (C=O) groups excluding carboxylic acids is 2. The summed E-state index contributed by atoms with van der Waals surface area (Å²) in [6.45, 7) is 1.94. The van der Waals surface area contributed by atoms with Gasteiger partial charge in [0, 0.05) is 15.8 Å². The zero-order valence-electron chi connectivity index (χ0n) is 18.1. The molecule has 34 heavy (non-hydrogen) atoms. The quantitative estimate of drug-likeness (QED) is 0.323. The van der Waals surface area contributed by atoms with Crippen LogP contribution in [-0.2, 0) is 16.0 Å². The molecule has 3 aromatic carbocycles. The minimum Gasteiger partial charge on any atom is -0.321 e. The van der Waals surface area contributed by atoms with E-state index >= 15 is 0 Å². The van der Waals surface area contributed by atoms with Crippen LogP contribution in [-0.4, -0.2) is 17.1 Å². The van der Waals surface area contributed by atoms with Gasteiger partial charge in [-0.3, -0.25) is 14.5 Å². The molecule has 0 spiro atoms. The molecule has 5 nitrogen and oxygen atoms in total. The van der Waals surface area contributed by atoms with Gasteiger partial charge in [-0.25, -0.2) is 4.39 Å². The molecule has 2 amide bonds. The fraction of sp³-hybridized carbons (Fsp3) is 0.115. The Morgan fingerprint density at radius 3 is 2.35 bits per heavy atom. The van der Waals surface area contributed by atoms with E-state index in [1.165, 1.54) is 28.8 Å². The molecule has 0 bridgehead atoms. The molecule has 1 saturated heterocycles. The summed E-state index contributed by atoms with van der Waals surface area (Å²) in [7, 11) is 0. The van der Waals surface area contributed by atoms with Crippen molar-refractivity contribution in [3.05, 3.63) is 105 Å². The third-order valence-corrected chi connectivity index (χ3v) is 7.03. The molecule has 0 unspecified atom stereocenters. The number of hydrogen-bond acceptors (Lipinski definition) is 4. The minimum atomic E-state index is -0.591. The van der Waals surface area contributed by atoms with Crippen LogP contribution in [0.25, 0.3) is 0 Å². The molecule has 1 N–H and O–H groups in total. The monoisotopic (exact) mass is 535 g/mol. The van der Waals surface area contributed by atoms with Gasteiger partial charge in [-0.15, -0.1) is 0 Å². The number of halogens is 2. The summed E-state index contributed by atoms with van der Waals surface area (Å²) >= 11 is 4.55. The molecule has 1 atom stereocenters. The Labute approximate surface area is 209 Å². The van der Waals surface area contributed by atoms with Crippen molar-refractivity contribution >= 4 is 50.9 Å². The molecule has 0 saturated carbocycles. The van der Waals surface area contributed by atoms with Gasteiger partial charge in [-0.05, 0) is 67.4 Å². The molecular formula is C26H19BrFN3O2S. The van der Waals surface area contributed by atoms with Crippen molar-refractivity contribution in [1.29, 1.82) is 5.26 Å². The zero-order valence-corrected chi connectivity index (χ0v) is 20.5. The second-order valence-corrected chi connectivity index (χ2v) is 9.81. The number of carbonyl (C=O) groups is 2. The van der Waals surface area contributed by atoms with E-state index in [9.17, 15) is 19.2 Å². The predicted octanol–water partition coefficient (Wildman–Crippen LogP) is 5.96. The molecule has 3 aromatic rings. The number of aryl methyl sites for hydroxylation is 1. The van der Waals surface area contributed by atoms with Crippen LogP contribution in [0.2, 0.25) is 0 Å². The zero-order chi connectivity index (χ0) is 24.2. The molecule has 170 valence electrons. The third kappa shape index (κ3) is 5.22. The first-order valence-corrected chi connectivity index (χ1v) is 12.1. The second-order valence-electron chi connectivity index (χ2n) is 7.70. The number of benzene rings is 3. The molecule has 1 fully saturated rings. The van der Waals surface area contributed by atoms with Crippen LogP contribution in [0.15, 0.2) is 87.9 Å². The van der Waals surface area contributed by atoms with Gasteiger partial charge in [-0.2, -0.15) is 5.26 Å². The van der Waals surface area contributed by atoms with Crippen molar-refractivity contribution < 1.29 is 14.0 Å². The number of amides is 2. The van der Waals surface area contributed by atoms with Gasteiger partial charge in [0.2, 0.25) is 5.91 Å². The van der Waals surface area contributed by atoms with Gasteiger partial charge < -0.3 is 5.32 Å². The van der Waals surface area contributed by atoms with E-state index in [-0.39, 0.29) is 22.3 Å². The smallest absolute Gasteiger partial charge is 0.269 e. The number of rotatable bonds is 5. The normalized spacial score (nSPS) is 16.8. The standard InChI is InChI=1S/C26H19BrFN3O2S/c1-16-2-10-20(11-3-16)30-24(32)22(15-29)26-31(21-12-6-18(27)7-13-21)25(33)23(34-26)14-17-4-8-19(28)9-5-17/h2-13,23H,14H2,1H3,(H,30,32)/b26-22-/t23-/m0/s1. The number of hydrogen-bond donors (Lipinski definition) is 1. The van der Waals surface area contributed by atoms with Crippen LogP contribution in [0.3, 0.4) is 0 Å². The van der Waals surface area contributed by atoms with E-state index in [0.29, 0.717) is 17.8 Å². The molecule has 0 aliphatic carbocycles. The van der Waals surface area contributed by atoms with E-state index < -0.39 is 11.2 Å². The summed E-state index contributed by atoms with van der Waals surface area (Å²) in [6.07, 6.45) is 0.332. The van der Waals surface area contributed by atoms with Gasteiger partial charge in [0.05, 0.1) is 5.25 Å². The molecule has 0 aromatic heterocycles. The molecule has 4 rings (SSSR count). The van der Waals surface area contributed by atoms with Gasteiger partial charge in [0.25, 0.3) is 5.91 Å². The number of anilines is 2. The first-order valence-electron chi connectivity index (χ1n) is 10.4. The van der Waals surface area contributed by atoms with Crippen molar-refractivity contribution in [3.8, 4) is 6.07 Å². The Kier molecular flexibility index (Phi) is 7.15. The highest BCUT2D eigenvalue weighted by Gasteiger charge is 2.40. The summed E-state index contributed by atoms with van der Waals surface area (Å²) in [5, 5.41) is 12.4. The van der Waals surface area contributed by atoms with Crippen molar-refractivity contribution in [2.75, 3.05) is 10.2 Å². The highest BCUT2D eigenvalue weighted by molar-refractivity contribution is 9.10. The Morgan fingerprint density at radius 1 is 1.09 bits per heavy atom. The average molecular weight is 536 g/mol. The summed E-state index contributed by atoms with van der Waals surface area (Å²) in [5.41, 5.74) is 2.78. The fourth-order valence-electron chi connectivity index (χ4n) is 3.48. The van der Waals surface area contributed by atoms with Crippen LogP contribution in [0.5, 0.6) is 0 Å². The maximum absolute atomic E-state index is 13.5. The Bertz CT molecular complexity index is 1300. The van der Waals surface area contributed by atoms with Gasteiger partial charge >= 0.3 is 0 Å². The van der Waals surface area contributed by atoms with Crippen LogP contribution in [0.1, 0.15) is 11.1 Å². The highest BCUT2D eigenvalue weighted by Crippen LogP contribution is 2.42. The summed E-state index contributed by atoms with van der Waals surface area (Å²) in [5.74, 6) is -1.19. The van der Waals surface area contributed by atoms with Gasteiger partial charge in [0.1, 0.15) is 22.5 Å². The van der Waals surface area contributed by atoms with Crippen molar-refractivity contribution in [1.82, 2.24) is 0 Å². The number of nitrogens with zero attached hydrogens (tertiary/aromatic N) is 2. The first kappa shape index (κ1) is 23.7. The predicted molar refractivity (Wildman–Crippen MR) is 136 cm³/mol. The maximum Gasteiger partial charge on any atom is 0.269 e. The van der Waals surface area contributed by atoms with Crippen molar-refractivity contribution in [2.45, 2.75) is 18.6 Å². The van der Waals surface area contributed by atoms with E-state index in [0.717, 1.165) is 15.6 Å². The summed E-state index contributed by atoms with van der Waals surface area (Å²) < 4.78 is 14.2. The maximum atomic E-state index is 13.5. The second kappa shape index (κ2) is 10.2. The lowest BCUT2D eigenvalue weighted by atomic mass is 10.1. The lowest BCUT2D eigenvalue weighted by Gasteiger charge is -2.19. The highest BCUT2D eigenvalue weighted by atomic mass is 79.9. The van der Waals surface area contributed by atoms with E-state index in [2.05, 4.69) is 21.2 Å². The van der Waals surface area contributed by atoms with Crippen LogP contribution in [0.4, 0.5) is 15.8 Å².